The summed E-state index contributed by atoms with van der Waals surface area (Å²) in [5.74, 6) is 0. The van der Waals surface area contributed by atoms with Crippen molar-refractivity contribution in [3.05, 3.63) is 5.21 Å². The topological polar surface area (TPSA) is 26.3 Å². The van der Waals surface area contributed by atoms with Gasteiger partial charge in [-0.25, -0.2) is 0 Å². The molecule has 0 unspecified atom stereocenters. The lowest BCUT2D eigenvalue weighted by molar-refractivity contribution is -1.01. The van der Waals surface area contributed by atoms with Crippen LogP contribution in [0.3, 0.4) is 0 Å². The van der Waals surface area contributed by atoms with Gasteiger partial charge < -0.3 is 19.2 Å². The molecule has 0 aromatic rings. The molecule has 4 nitrogen and oxygen atoms in total. The molecule has 4 heteroatoms. The van der Waals surface area contributed by atoms with Crippen LogP contribution in [-0.4, -0.2) is 80.5 Å². The maximum atomic E-state index is 12.8. The van der Waals surface area contributed by atoms with Crippen LogP contribution in [-0.2, 0) is 0 Å². The molecule has 2 aliphatic rings. The minimum atomic E-state index is 0.0928. The maximum absolute atomic E-state index is 12.8. The number of hydrogen-bond donors (Lipinski definition) is 0. The van der Waals surface area contributed by atoms with E-state index in [4.69, 9.17) is 0 Å². The zero-order valence-corrected chi connectivity index (χ0v) is 11.0. The van der Waals surface area contributed by atoms with Crippen molar-refractivity contribution in [2.75, 3.05) is 60.4 Å². The minimum absolute atomic E-state index is 0.0928. The number of piperidine rings is 1. The van der Waals surface area contributed by atoms with E-state index in [1.165, 1.54) is 0 Å². The standard InChI is InChI=1S/C12H26N3O/c1-13-6-4-12(5-7-13)15(16)10-8-14(2,3)9-11-15/h12H,4-11H2,1-3H3/q+1. The maximum Gasteiger partial charge on any atom is 0.129 e. The summed E-state index contributed by atoms with van der Waals surface area (Å²) in [6, 6.07) is 0.372. The fourth-order valence-electron chi connectivity index (χ4n) is 2.93. The Hall–Kier alpha value is -0.160. The molecule has 2 rings (SSSR count). The second kappa shape index (κ2) is 4.26. The van der Waals surface area contributed by atoms with Crippen molar-refractivity contribution in [2.45, 2.75) is 18.9 Å². The Morgan fingerprint density at radius 1 is 1.00 bits per heavy atom. The van der Waals surface area contributed by atoms with Gasteiger partial charge in [0.05, 0.1) is 20.1 Å². The largest absolute Gasteiger partial charge is 0.632 e. The fraction of sp³-hybridized carbons (Fsp3) is 1.00. The Morgan fingerprint density at radius 3 is 2.00 bits per heavy atom. The van der Waals surface area contributed by atoms with Gasteiger partial charge >= 0.3 is 0 Å². The molecule has 0 atom stereocenters. The molecule has 0 aliphatic carbocycles. The number of likely N-dealkylation sites (N-methyl/N-ethyl adjacent to an activating group) is 1. The van der Waals surface area contributed by atoms with Gasteiger partial charge in [-0.2, -0.15) is 0 Å². The van der Waals surface area contributed by atoms with Crippen LogP contribution in [0.5, 0.6) is 0 Å². The molecular weight excluding hydrogens is 202 g/mol. The molecule has 2 fully saturated rings. The summed E-state index contributed by atoms with van der Waals surface area (Å²) in [5, 5.41) is 12.8. The molecule has 0 bridgehead atoms. The van der Waals surface area contributed by atoms with Crippen LogP contribution in [0.1, 0.15) is 12.8 Å². The Labute approximate surface area is 99.2 Å². The first-order valence-electron chi connectivity index (χ1n) is 6.50. The number of nitrogens with zero attached hydrogens (tertiary/aromatic N) is 3. The number of hydrogen-bond acceptors (Lipinski definition) is 2. The Morgan fingerprint density at radius 2 is 1.50 bits per heavy atom. The van der Waals surface area contributed by atoms with Gasteiger partial charge in [0.25, 0.3) is 0 Å². The highest BCUT2D eigenvalue weighted by Crippen LogP contribution is 2.25. The monoisotopic (exact) mass is 228 g/mol. The Bertz CT molecular complexity index is 237. The SMILES string of the molecule is CN1CCC([N+]2([O-])CC[N+](C)(C)CC2)CC1. The molecular formula is C12H26N3O+. The summed E-state index contributed by atoms with van der Waals surface area (Å²) in [6.07, 6.45) is 2.18. The molecule has 2 saturated heterocycles. The fourth-order valence-corrected chi connectivity index (χ4v) is 2.93. The summed E-state index contributed by atoms with van der Waals surface area (Å²) in [7, 11) is 6.62. The van der Waals surface area contributed by atoms with Crippen molar-refractivity contribution < 1.29 is 9.13 Å². The van der Waals surface area contributed by atoms with Crippen molar-refractivity contribution in [1.29, 1.82) is 0 Å². The van der Waals surface area contributed by atoms with Crippen molar-refractivity contribution in [3.63, 3.8) is 0 Å². The quantitative estimate of drug-likeness (QED) is 0.482. The van der Waals surface area contributed by atoms with E-state index >= 15 is 0 Å². The third-order valence-corrected chi connectivity index (χ3v) is 4.52. The first-order chi connectivity index (χ1) is 7.41. The predicted molar refractivity (Wildman–Crippen MR) is 65.7 cm³/mol. The van der Waals surface area contributed by atoms with Crippen molar-refractivity contribution in [1.82, 2.24) is 4.90 Å². The van der Waals surface area contributed by atoms with Crippen LogP contribution in [0.4, 0.5) is 0 Å². The molecule has 0 saturated carbocycles. The highest BCUT2D eigenvalue weighted by atomic mass is 16.5. The van der Waals surface area contributed by atoms with Gasteiger partial charge in [0.15, 0.2) is 0 Å². The van der Waals surface area contributed by atoms with E-state index in [-0.39, 0.29) is 4.65 Å². The van der Waals surface area contributed by atoms with Crippen molar-refractivity contribution in [3.8, 4) is 0 Å². The third kappa shape index (κ3) is 2.56. The number of likely N-dealkylation sites (tertiary alicyclic amines) is 1. The van der Waals surface area contributed by atoms with Gasteiger partial charge in [0.1, 0.15) is 26.2 Å². The number of rotatable bonds is 1. The van der Waals surface area contributed by atoms with Crippen LogP contribution in [0.15, 0.2) is 0 Å². The van der Waals surface area contributed by atoms with Crippen LogP contribution in [0, 0.1) is 5.21 Å². The molecule has 2 aliphatic heterocycles. The van der Waals surface area contributed by atoms with E-state index in [1.807, 2.05) is 0 Å². The van der Waals surface area contributed by atoms with E-state index < -0.39 is 0 Å². The molecule has 0 radical (unpaired) electrons. The number of hydroxylamine groups is 3. The first-order valence-corrected chi connectivity index (χ1v) is 6.50. The van der Waals surface area contributed by atoms with E-state index in [9.17, 15) is 5.21 Å². The van der Waals surface area contributed by atoms with Gasteiger partial charge in [0.2, 0.25) is 0 Å². The van der Waals surface area contributed by atoms with Gasteiger partial charge in [-0.05, 0) is 7.05 Å². The van der Waals surface area contributed by atoms with Gasteiger partial charge in [-0.15, -0.1) is 0 Å². The van der Waals surface area contributed by atoms with Crippen LogP contribution >= 0.6 is 0 Å². The summed E-state index contributed by atoms with van der Waals surface area (Å²) in [4.78, 5) is 2.34. The lowest BCUT2D eigenvalue weighted by Gasteiger charge is -2.55. The van der Waals surface area contributed by atoms with Gasteiger partial charge in [-0.1, -0.05) is 0 Å². The molecule has 0 N–H and O–H groups in total. The zero-order valence-electron chi connectivity index (χ0n) is 11.0. The zero-order chi connectivity index (χ0) is 11.8. The first kappa shape index (κ1) is 12.3. The molecule has 0 aromatic carbocycles. The molecule has 0 aromatic heterocycles. The summed E-state index contributed by atoms with van der Waals surface area (Å²) in [6.45, 7) is 5.92. The van der Waals surface area contributed by atoms with E-state index in [0.717, 1.165) is 56.6 Å². The second-order valence-corrected chi connectivity index (χ2v) is 6.32. The molecule has 0 spiro atoms. The highest BCUT2D eigenvalue weighted by molar-refractivity contribution is 4.73. The number of quaternary nitrogens is 2. The van der Waals surface area contributed by atoms with E-state index in [0.29, 0.717) is 6.04 Å². The highest BCUT2D eigenvalue weighted by Gasteiger charge is 2.38. The second-order valence-electron chi connectivity index (χ2n) is 6.32. The van der Waals surface area contributed by atoms with Crippen molar-refractivity contribution >= 4 is 0 Å². The lowest BCUT2D eigenvalue weighted by Crippen LogP contribution is -2.66. The number of piperazine rings is 1. The van der Waals surface area contributed by atoms with Crippen molar-refractivity contribution in [2.24, 2.45) is 0 Å². The average Bonchev–Trinajstić information content (AvgIpc) is 2.24. The summed E-state index contributed by atoms with van der Waals surface area (Å²) in [5.41, 5.74) is 0. The predicted octanol–water partition coefficient (Wildman–Crippen LogP) is 0.485. The van der Waals surface area contributed by atoms with E-state index in [2.05, 4.69) is 26.0 Å². The Kier molecular flexibility index (Phi) is 3.27. The third-order valence-electron chi connectivity index (χ3n) is 4.52. The summed E-state index contributed by atoms with van der Waals surface area (Å²) >= 11 is 0. The molecule has 0 amide bonds. The summed E-state index contributed by atoms with van der Waals surface area (Å²) < 4.78 is 1.12. The molecule has 2 heterocycles. The lowest BCUT2D eigenvalue weighted by atomic mass is 10.0. The van der Waals surface area contributed by atoms with E-state index in [1.54, 1.807) is 0 Å². The normalized spacial score (nSPS) is 31.5. The molecule has 94 valence electrons. The minimum Gasteiger partial charge on any atom is -0.632 e. The van der Waals surface area contributed by atoms with Crippen LogP contribution in [0.2, 0.25) is 0 Å². The van der Waals surface area contributed by atoms with Crippen LogP contribution < -0.4 is 0 Å². The van der Waals surface area contributed by atoms with Gasteiger partial charge in [-0.3, -0.25) is 0 Å². The molecule has 16 heavy (non-hydrogen) atoms. The smallest absolute Gasteiger partial charge is 0.129 e. The van der Waals surface area contributed by atoms with Crippen LogP contribution in [0.25, 0.3) is 0 Å². The Balaban J connectivity index is 1.93. The van der Waals surface area contributed by atoms with Gasteiger partial charge in [0, 0.05) is 25.9 Å². The average molecular weight is 228 g/mol.